The quantitative estimate of drug-likeness (QED) is 0.580. The van der Waals surface area contributed by atoms with Crippen molar-refractivity contribution < 1.29 is 9.59 Å². The maximum absolute atomic E-state index is 10.9. The SMILES string of the molecule is O=CCNC(=O)Cc1ncc[nH]1. The van der Waals surface area contributed by atoms with Crippen molar-refractivity contribution in [3.8, 4) is 0 Å². The average Bonchev–Trinajstić information content (AvgIpc) is 2.53. The third kappa shape index (κ3) is 2.53. The zero-order valence-electron chi connectivity index (χ0n) is 6.41. The minimum Gasteiger partial charge on any atom is -0.349 e. The van der Waals surface area contributed by atoms with E-state index >= 15 is 0 Å². The molecule has 0 aliphatic carbocycles. The first-order valence-electron chi connectivity index (χ1n) is 3.51. The van der Waals surface area contributed by atoms with Crippen molar-refractivity contribution in [1.82, 2.24) is 15.3 Å². The van der Waals surface area contributed by atoms with E-state index in [2.05, 4.69) is 15.3 Å². The normalized spacial score (nSPS) is 9.33. The zero-order chi connectivity index (χ0) is 8.81. The molecule has 12 heavy (non-hydrogen) atoms. The summed E-state index contributed by atoms with van der Waals surface area (Å²) in [5, 5.41) is 2.40. The number of hydrogen-bond donors (Lipinski definition) is 2. The number of nitrogens with one attached hydrogen (secondary N) is 2. The van der Waals surface area contributed by atoms with Crippen LogP contribution in [0, 0.1) is 0 Å². The number of aromatic amines is 1. The number of carbonyl (C=O) groups excluding carboxylic acids is 2. The van der Waals surface area contributed by atoms with E-state index in [9.17, 15) is 9.59 Å². The Morgan fingerprint density at radius 1 is 1.75 bits per heavy atom. The Balaban J connectivity index is 2.32. The zero-order valence-corrected chi connectivity index (χ0v) is 6.41. The summed E-state index contributed by atoms with van der Waals surface area (Å²) in [4.78, 5) is 27.5. The first-order valence-corrected chi connectivity index (χ1v) is 3.51. The summed E-state index contributed by atoms with van der Waals surface area (Å²) >= 11 is 0. The number of nitrogens with zero attached hydrogens (tertiary/aromatic N) is 1. The number of aldehydes is 1. The van der Waals surface area contributed by atoms with Crippen LogP contribution in [0.25, 0.3) is 0 Å². The van der Waals surface area contributed by atoms with Gasteiger partial charge in [-0.25, -0.2) is 4.98 Å². The first-order chi connectivity index (χ1) is 5.83. The van der Waals surface area contributed by atoms with Crippen LogP contribution >= 0.6 is 0 Å². The smallest absolute Gasteiger partial charge is 0.227 e. The monoisotopic (exact) mass is 167 g/mol. The number of aromatic nitrogens is 2. The van der Waals surface area contributed by atoms with Gasteiger partial charge in [0.05, 0.1) is 13.0 Å². The summed E-state index contributed by atoms with van der Waals surface area (Å²) in [7, 11) is 0. The molecule has 2 N–H and O–H groups in total. The topological polar surface area (TPSA) is 74.8 Å². The van der Waals surface area contributed by atoms with Gasteiger partial charge in [-0.15, -0.1) is 0 Å². The molecule has 0 radical (unpaired) electrons. The van der Waals surface area contributed by atoms with Crippen LogP contribution in [0.5, 0.6) is 0 Å². The van der Waals surface area contributed by atoms with E-state index in [1.54, 1.807) is 12.4 Å². The second-order valence-electron chi connectivity index (χ2n) is 2.18. The van der Waals surface area contributed by atoms with Crippen molar-refractivity contribution in [3.63, 3.8) is 0 Å². The summed E-state index contributed by atoms with van der Waals surface area (Å²) in [6.07, 6.45) is 4.03. The fourth-order valence-electron chi connectivity index (χ4n) is 0.765. The molecule has 0 unspecified atom stereocenters. The summed E-state index contributed by atoms with van der Waals surface area (Å²) in [5.74, 6) is 0.385. The van der Waals surface area contributed by atoms with Gasteiger partial charge in [-0.1, -0.05) is 0 Å². The van der Waals surface area contributed by atoms with E-state index in [0.29, 0.717) is 12.1 Å². The number of H-pyrrole nitrogens is 1. The van der Waals surface area contributed by atoms with Crippen LogP contribution in [0.4, 0.5) is 0 Å². The minimum absolute atomic E-state index is 0.0551. The van der Waals surface area contributed by atoms with Crippen LogP contribution < -0.4 is 5.32 Å². The predicted molar refractivity (Wildman–Crippen MR) is 41.4 cm³/mol. The van der Waals surface area contributed by atoms with Crippen molar-refractivity contribution in [1.29, 1.82) is 0 Å². The van der Waals surface area contributed by atoms with Crippen molar-refractivity contribution in [2.24, 2.45) is 0 Å². The number of amides is 1. The van der Waals surface area contributed by atoms with Crippen molar-refractivity contribution in [2.45, 2.75) is 6.42 Å². The van der Waals surface area contributed by atoms with Gasteiger partial charge in [0, 0.05) is 12.4 Å². The van der Waals surface area contributed by atoms with Crippen molar-refractivity contribution >= 4 is 12.2 Å². The van der Waals surface area contributed by atoms with Crippen molar-refractivity contribution in [3.05, 3.63) is 18.2 Å². The number of imidazole rings is 1. The molecule has 0 saturated carbocycles. The molecule has 0 saturated heterocycles. The molecule has 5 nitrogen and oxygen atoms in total. The second kappa shape index (κ2) is 4.27. The standard InChI is InChI=1S/C7H9N3O2/c11-4-3-10-7(12)5-6-8-1-2-9-6/h1-2,4H,3,5H2,(H,8,9)(H,10,12). The van der Waals surface area contributed by atoms with Gasteiger partial charge in [0.2, 0.25) is 5.91 Å². The summed E-state index contributed by atoms with van der Waals surface area (Å²) < 4.78 is 0. The van der Waals surface area contributed by atoms with Crippen LogP contribution in [-0.2, 0) is 16.0 Å². The lowest BCUT2D eigenvalue weighted by Crippen LogP contribution is -2.27. The Bertz CT molecular complexity index is 256. The molecular weight excluding hydrogens is 158 g/mol. The fraction of sp³-hybridized carbons (Fsp3) is 0.286. The third-order valence-electron chi connectivity index (χ3n) is 1.27. The Morgan fingerprint density at radius 2 is 2.58 bits per heavy atom. The minimum atomic E-state index is -0.211. The molecule has 0 aliphatic rings. The van der Waals surface area contributed by atoms with Crippen LogP contribution in [0.2, 0.25) is 0 Å². The molecule has 0 atom stereocenters. The molecule has 5 heteroatoms. The lowest BCUT2D eigenvalue weighted by atomic mass is 10.4. The maximum Gasteiger partial charge on any atom is 0.227 e. The van der Waals surface area contributed by atoms with E-state index in [1.807, 2.05) is 0 Å². The predicted octanol–water partition coefficient (Wildman–Crippen LogP) is -0.733. The molecule has 1 heterocycles. The summed E-state index contributed by atoms with van der Waals surface area (Å²) in [6.45, 7) is 0.0551. The Morgan fingerprint density at radius 3 is 3.17 bits per heavy atom. The highest BCUT2D eigenvalue weighted by molar-refractivity contribution is 5.79. The summed E-state index contributed by atoms with van der Waals surface area (Å²) in [6, 6.07) is 0. The molecule has 64 valence electrons. The highest BCUT2D eigenvalue weighted by atomic mass is 16.2. The van der Waals surface area contributed by atoms with Gasteiger partial charge in [-0.3, -0.25) is 4.79 Å². The van der Waals surface area contributed by atoms with Gasteiger partial charge in [0.25, 0.3) is 0 Å². The van der Waals surface area contributed by atoms with Crippen LogP contribution in [0.1, 0.15) is 5.82 Å². The molecule has 1 rings (SSSR count). The highest BCUT2D eigenvalue weighted by Crippen LogP contribution is 1.88. The van der Waals surface area contributed by atoms with E-state index in [4.69, 9.17) is 0 Å². The molecule has 1 amide bonds. The number of hydrogen-bond acceptors (Lipinski definition) is 3. The van der Waals surface area contributed by atoms with Crippen LogP contribution in [0.15, 0.2) is 12.4 Å². The molecule has 0 aromatic carbocycles. The number of rotatable bonds is 4. The molecule has 1 aromatic heterocycles. The van der Waals surface area contributed by atoms with Crippen LogP contribution in [-0.4, -0.2) is 28.7 Å². The lowest BCUT2D eigenvalue weighted by Gasteiger charge is -1.97. The highest BCUT2D eigenvalue weighted by Gasteiger charge is 2.02. The van der Waals surface area contributed by atoms with Gasteiger partial charge in [0.1, 0.15) is 12.1 Å². The van der Waals surface area contributed by atoms with Gasteiger partial charge in [-0.2, -0.15) is 0 Å². The second-order valence-corrected chi connectivity index (χ2v) is 2.18. The van der Waals surface area contributed by atoms with Gasteiger partial charge in [0.15, 0.2) is 0 Å². The molecule has 0 fully saturated rings. The Labute approximate surface area is 69.2 Å². The molecule has 1 aromatic rings. The summed E-state index contributed by atoms with van der Waals surface area (Å²) in [5.41, 5.74) is 0. The molecule has 0 aliphatic heterocycles. The van der Waals surface area contributed by atoms with E-state index in [-0.39, 0.29) is 18.9 Å². The van der Waals surface area contributed by atoms with E-state index in [1.165, 1.54) is 0 Å². The Hall–Kier alpha value is -1.65. The van der Waals surface area contributed by atoms with Crippen LogP contribution in [0.3, 0.4) is 0 Å². The molecule has 0 bridgehead atoms. The average molecular weight is 167 g/mol. The Kier molecular flexibility index (Phi) is 3.01. The van der Waals surface area contributed by atoms with E-state index < -0.39 is 0 Å². The fourth-order valence-corrected chi connectivity index (χ4v) is 0.765. The van der Waals surface area contributed by atoms with Gasteiger partial charge >= 0.3 is 0 Å². The largest absolute Gasteiger partial charge is 0.349 e. The lowest BCUT2D eigenvalue weighted by molar-refractivity contribution is -0.122. The van der Waals surface area contributed by atoms with Gasteiger partial charge < -0.3 is 15.1 Å². The van der Waals surface area contributed by atoms with Gasteiger partial charge in [-0.05, 0) is 0 Å². The third-order valence-corrected chi connectivity index (χ3v) is 1.27. The molecular formula is C7H9N3O2. The number of carbonyl (C=O) groups is 2. The molecule has 0 spiro atoms. The first kappa shape index (κ1) is 8.45. The van der Waals surface area contributed by atoms with Crippen molar-refractivity contribution in [2.75, 3.05) is 6.54 Å². The maximum atomic E-state index is 10.9. The van der Waals surface area contributed by atoms with E-state index in [0.717, 1.165) is 0 Å².